The molecule has 2 rings (SSSR count). The average molecular weight is 244 g/mol. The van der Waals surface area contributed by atoms with Gasteiger partial charge in [-0.3, -0.25) is 0 Å². The summed E-state index contributed by atoms with van der Waals surface area (Å²) in [5, 5.41) is 3.33. The molecule has 0 saturated heterocycles. The second-order valence-corrected chi connectivity index (χ2v) is 4.57. The fourth-order valence-electron chi connectivity index (χ4n) is 1.58. The van der Waals surface area contributed by atoms with Gasteiger partial charge in [0, 0.05) is 12.1 Å². The maximum Gasteiger partial charge on any atom is 0.142 e. The van der Waals surface area contributed by atoms with Gasteiger partial charge in [-0.2, -0.15) is 0 Å². The molecule has 1 aromatic rings. The van der Waals surface area contributed by atoms with E-state index in [1.165, 1.54) is 25.0 Å². The van der Waals surface area contributed by atoms with Crippen molar-refractivity contribution in [1.82, 2.24) is 5.32 Å². The summed E-state index contributed by atoms with van der Waals surface area (Å²) in [6, 6.07) is 2.76. The van der Waals surface area contributed by atoms with E-state index in [1.54, 1.807) is 0 Å². The molecule has 0 aliphatic heterocycles. The molecule has 1 N–H and O–H groups in total. The van der Waals surface area contributed by atoms with Gasteiger partial charge in [-0.25, -0.2) is 4.39 Å². The lowest BCUT2D eigenvalue weighted by Gasteiger charge is -2.13. The van der Waals surface area contributed by atoms with Gasteiger partial charge in [0.25, 0.3) is 0 Å². The molecule has 0 atom stereocenters. The second-order valence-electron chi connectivity index (χ2n) is 4.16. The van der Waals surface area contributed by atoms with E-state index < -0.39 is 0 Å². The van der Waals surface area contributed by atoms with E-state index in [9.17, 15) is 4.39 Å². The molecule has 0 spiro atoms. The minimum absolute atomic E-state index is 0.325. The summed E-state index contributed by atoms with van der Waals surface area (Å²) in [5.74, 6) is 0.946. The molecule has 0 unspecified atom stereocenters. The fraction of sp³-hybridized carbons (Fsp3) is 0.500. The Labute approximate surface area is 99.7 Å². The molecular formula is C12H15ClFNO. The van der Waals surface area contributed by atoms with Crippen LogP contribution in [0.4, 0.5) is 4.39 Å². The summed E-state index contributed by atoms with van der Waals surface area (Å²) >= 11 is 5.98. The van der Waals surface area contributed by atoms with Crippen LogP contribution in [0.3, 0.4) is 0 Å². The molecule has 4 heteroatoms. The van der Waals surface area contributed by atoms with Gasteiger partial charge in [0.2, 0.25) is 0 Å². The highest BCUT2D eigenvalue weighted by molar-refractivity contribution is 6.32. The highest BCUT2D eigenvalue weighted by Crippen LogP contribution is 2.34. The zero-order valence-electron chi connectivity index (χ0n) is 9.22. The van der Waals surface area contributed by atoms with Crippen molar-refractivity contribution in [2.75, 3.05) is 13.7 Å². The molecule has 0 aromatic heterocycles. The lowest BCUT2D eigenvalue weighted by atomic mass is 10.2. The lowest BCUT2D eigenvalue weighted by Crippen LogP contribution is -2.09. The van der Waals surface area contributed by atoms with E-state index >= 15 is 0 Å². The lowest BCUT2D eigenvalue weighted by molar-refractivity contribution is 0.296. The number of hydrogen-bond acceptors (Lipinski definition) is 2. The van der Waals surface area contributed by atoms with Crippen LogP contribution in [0.25, 0.3) is 0 Å². The second kappa shape index (κ2) is 5.02. The Kier molecular flexibility index (Phi) is 3.66. The molecule has 0 radical (unpaired) electrons. The van der Waals surface area contributed by atoms with Crippen LogP contribution in [0, 0.1) is 11.7 Å². The third kappa shape index (κ3) is 2.86. The summed E-state index contributed by atoms with van der Waals surface area (Å²) in [6.45, 7) is 1.24. The number of benzene rings is 1. The summed E-state index contributed by atoms with van der Waals surface area (Å²) in [6.07, 6.45) is 2.44. The van der Waals surface area contributed by atoms with Crippen LogP contribution in [-0.4, -0.2) is 13.7 Å². The molecule has 0 heterocycles. The minimum atomic E-state index is -0.325. The molecule has 1 fully saturated rings. The number of hydrogen-bond donors (Lipinski definition) is 1. The van der Waals surface area contributed by atoms with E-state index in [-0.39, 0.29) is 5.82 Å². The first-order chi connectivity index (χ1) is 7.70. The molecule has 88 valence electrons. The Morgan fingerprint density at radius 2 is 2.25 bits per heavy atom. The summed E-state index contributed by atoms with van der Waals surface area (Å²) in [4.78, 5) is 0. The Morgan fingerprint density at radius 1 is 1.50 bits per heavy atom. The number of nitrogens with one attached hydrogen (secondary N) is 1. The quantitative estimate of drug-likeness (QED) is 0.859. The fourth-order valence-corrected chi connectivity index (χ4v) is 1.86. The van der Waals surface area contributed by atoms with Gasteiger partial charge < -0.3 is 10.1 Å². The van der Waals surface area contributed by atoms with Crippen molar-refractivity contribution in [1.29, 1.82) is 0 Å². The van der Waals surface area contributed by atoms with Gasteiger partial charge in [0.1, 0.15) is 11.6 Å². The minimum Gasteiger partial charge on any atom is -0.491 e. The average Bonchev–Trinajstić information content (AvgIpc) is 3.00. The van der Waals surface area contributed by atoms with Crippen molar-refractivity contribution in [3.05, 3.63) is 28.5 Å². The van der Waals surface area contributed by atoms with Crippen molar-refractivity contribution in [3.63, 3.8) is 0 Å². The van der Waals surface area contributed by atoms with Gasteiger partial charge in [0.05, 0.1) is 11.6 Å². The first kappa shape index (κ1) is 11.7. The number of ether oxygens (including phenoxy) is 1. The maximum atomic E-state index is 13.2. The first-order valence-electron chi connectivity index (χ1n) is 5.46. The SMILES string of the molecule is CNCc1cc(F)cc(Cl)c1OCC1CC1. The van der Waals surface area contributed by atoms with Crippen LogP contribution < -0.4 is 10.1 Å². The zero-order valence-corrected chi connectivity index (χ0v) is 9.98. The van der Waals surface area contributed by atoms with Gasteiger partial charge in [-0.15, -0.1) is 0 Å². The molecule has 1 aliphatic rings. The highest BCUT2D eigenvalue weighted by Gasteiger charge is 2.23. The van der Waals surface area contributed by atoms with Gasteiger partial charge in [0.15, 0.2) is 0 Å². The predicted octanol–water partition coefficient (Wildman–Crippen LogP) is 2.99. The van der Waals surface area contributed by atoms with E-state index in [2.05, 4.69) is 5.32 Å². The normalized spacial score (nSPS) is 15.2. The molecule has 1 aliphatic carbocycles. The first-order valence-corrected chi connectivity index (χ1v) is 5.84. The Morgan fingerprint density at radius 3 is 2.88 bits per heavy atom. The number of rotatable bonds is 5. The summed E-state index contributed by atoms with van der Waals surface area (Å²) in [7, 11) is 1.81. The van der Waals surface area contributed by atoms with Crippen LogP contribution in [0.1, 0.15) is 18.4 Å². The Balaban J connectivity index is 2.16. The van der Waals surface area contributed by atoms with Crippen molar-refractivity contribution in [2.45, 2.75) is 19.4 Å². The van der Waals surface area contributed by atoms with Crippen LogP contribution in [0.5, 0.6) is 5.75 Å². The Hall–Kier alpha value is -0.800. The summed E-state index contributed by atoms with van der Waals surface area (Å²) < 4.78 is 18.8. The van der Waals surface area contributed by atoms with E-state index in [0.717, 1.165) is 5.56 Å². The molecule has 0 amide bonds. The van der Waals surface area contributed by atoms with Gasteiger partial charge >= 0.3 is 0 Å². The third-order valence-corrected chi connectivity index (χ3v) is 2.89. The molecule has 1 aromatic carbocycles. The largest absolute Gasteiger partial charge is 0.491 e. The topological polar surface area (TPSA) is 21.3 Å². The van der Waals surface area contributed by atoms with Crippen LogP contribution >= 0.6 is 11.6 Å². The predicted molar refractivity (Wildman–Crippen MR) is 62.4 cm³/mol. The Bertz CT molecular complexity index is 380. The molecule has 2 nitrogen and oxygen atoms in total. The molecule has 1 saturated carbocycles. The van der Waals surface area contributed by atoms with E-state index in [1.807, 2.05) is 7.05 Å². The van der Waals surface area contributed by atoms with Crippen molar-refractivity contribution in [3.8, 4) is 5.75 Å². The number of halogens is 2. The van der Waals surface area contributed by atoms with Crippen molar-refractivity contribution >= 4 is 11.6 Å². The highest BCUT2D eigenvalue weighted by atomic mass is 35.5. The zero-order chi connectivity index (χ0) is 11.5. The smallest absolute Gasteiger partial charge is 0.142 e. The summed E-state index contributed by atoms with van der Waals surface area (Å²) in [5.41, 5.74) is 0.771. The monoisotopic (exact) mass is 243 g/mol. The molecule has 0 bridgehead atoms. The van der Waals surface area contributed by atoms with Gasteiger partial charge in [-0.05, 0) is 37.9 Å². The van der Waals surface area contributed by atoms with E-state index in [0.29, 0.717) is 29.8 Å². The standard InChI is InChI=1S/C12H15ClFNO/c1-15-6-9-4-10(14)5-11(13)12(9)16-7-8-2-3-8/h4-5,8,15H,2-3,6-7H2,1H3. The van der Waals surface area contributed by atoms with Crippen molar-refractivity contribution < 1.29 is 9.13 Å². The van der Waals surface area contributed by atoms with Crippen LogP contribution in [0.15, 0.2) is 12.1 Å². The molecule has 16 heavy (non-hydrogen) atoms. The van der Waals surface area contributed by atoms with Crippen LogP contribution in [-0.2, 0) is 6.54 Å². The van der Waals surface area contributed by atoms with Crippen molar-refractivity contribution in [2.24, 2.45) is 5.92 Å². The van der Waals surface area contributed by atoms with Gasteiger partial charge in [-0.1, -0.05) is 11.6 Å². The third-order valence-electron chi connectivity index (χ3n) is 2.61. The van der Waals surface area contributed by atoms with E-state index in [4.69, 9.17) is 16.3 Å². The molecular weight excluding hydrogens is 229 g/mol. The maximum absolute atomic E-state index is 13.2. The van der Waals surface area contributed by atoms with Crippen LogP contribution in [0.2, 0.25) is 5.02 Å².